The maximum atomic E-state index is 5.85. The molecule has 2 N–H and O–H groups in total. The lowest BCUT2D eigenvalue weighted by Crippen LogP contribution is -2.47. The van der Waals surface area contributed by atoms with Crippen molar-refractivity contribution in [2.75, 3.05) is 41.7 Å². The van der Waals surface area contributed by atoms with Gasteiger partial charge in [-0.3, -0.25) is 4.98 Å². The van der Waals surface area contributed by atoms with Gasteiger partial charge in [-0.2, -0.15) is 0 Å². The summed E-state index contributed by atoms with van der Waals surface area (Å²) >= 11 is 5.85. The van der Waals surface area contributed by atoms with Crippen LogP contribution in [0.3, 0.4) is 0 Å². The molecule has 3 heterocycles. The fourth-order valence-electron chi connectivity index (χ4n) is 2.24. The maximum Gasteiger partial charge on any atom is 0.149 e. The Hall–Kier alpha value is -2.08. The number of halogens is 1. The first-order valence-electron chi connectivity index (χ1n) is 6.41. The fourth-order valence-corrected chi connectivity index (χ4v) is 2.35. The smallest absolute Gasteiger partial charge is 0.149 e. The summed E-state index contributed by atoms with van der Waals surface area (Å²) in [5, 5.41) is 0.655. The third kappa shape index (κ3) is 2.75. The van der Waals surface area contributed by atoms with Gasteiger partial charge in [-0.15, -0.1) is 0 Å². The van der Waals surface area contributed by atoms with Crippen molar-refractivity contribution in [1.29, 1.82) is 0 Å². The molecule has 1 aliphatic rings. The van der Waals surface area contributed by atoms with Crippen LogP contribution in [0.1, 0.15) is 0 Å². The van der Waals surface area contributed by atoms with Crippen LogP contribution in [0.2, 0.25) is 5.02 Å². The van der Waals surface area contributed by atoms with Crippen molar-refractivity contribution in [3.05, 3.63) is 35.7 Å². The SMILES string of the molecule is Nc1cncc(N2CCN(c3ccc(Cl)cn3)CC2)n1. The van der Waals surface area contributed by atoms with Crippen molar-refractivity contribution < 1.29 is 0 Å². The van der Waals surface area contributed by atoms with E-state index in [1.54, 1.807) is 18.6 Å². The molecule has 7 heteroatoms. The first-order valence-corrected chi connectivity index (χ1v) is 6.79. The number of nitrogen functional groups attached to an aromatic ring is 1. The van der Waals surface area contributed by atoms with Crippen LogP contribution in [0, 0.1) is 0 Å². The van der Waals surface area contributed by atoms with E-state index in [9.17, 15) is 0 Å². The molecule has 0 amide bonds. The normalized spacial score (nSPS) is 15.4. The third-order valence-corrected chi connectivity index (χ3v) is 3.50. The van der Waals surface area contributed by atoms with Crippen LogP contribution < -0.4 is 15.5 Å². The zero-order valence-corrected chi connectivity index (χ0v) is 11.7. The lowest BCUT2D eigenvalue weighted by atomic mass is 10.3. The second-order valence-electron chi connectivity index (χ2n) is 4.61. The summed E-state index contributed by atoms with van der Waals surface area (Å²) in [6.45, 7) is 3.49. The van der Waals surface area contributed by atoms with Crippen molar-refractivity contribution >= 4 is 29.1 Å². The number of hydrogen-bond donors (Lipinski definition) is 1. The molecule has 3 rings (SSSR count). The summed E-state index contributed by atoms with van der Waals surface area (Å²) in [6.07, 6.45) is 4.97. The maximum absolute atomic E-state index is 5.85. The Kier molecular flexibility index (Phi) is 3.56. The highest BCUT2D eigenvalue weighted by Crippen LogP contribution is 2.18. The zero-order chi connectivity index (χ0) is 13.9. The number of nitrogens with two attached hydrogens (primary N) is 1. The summed E-state index contributed by atoms with van der Waals surface area (Å²) in [7, 11) is 0. The van der Waals surface area contributed by atoms with Gasteiger partial charge in [0.2, 0.25) is 0 Å². The van der Waals surface area contributed by atoms with Gasteiger partial charge in [0.25, 0.3) is 0 Å². The average molecular weight is 291 g/mol. The molecule has 1 aliphatic heterocycles. The predicted molar refractivity (Wildman–Crippen MR) is 80.1 cm³/mol. The molecule has 0 aliphatic carbocycles. The van der Waals surface area contributed by atoms with Gasteiger partial charge in [0.1, 0.15) is 17.5 Å². The number of nitrogens with zero attached hydrogens (tertiary/aromatic N) is 5. The van der Waals surface area contributed by atoms with Gasteiger partial charge >= 0.3 is 0 Å². The van der Waals surface area contributed by atoms with Crippen molar-refractivity contribution in [3.63, 3.8) is 0 Å². The first-order chi connectivity index (χ1) is 9.72. The van der Waals surface area contributed by atoms with E-state index in [0.29, 0.717) is 10.8 Å². The minimum absolute atomic E-state index is 0.448. The largest absolute Gasteiger partial charge is 0.382 e. The number of hydrogen-bond acceptors (Lipinski definition) is 6. The highest BCUT2D eigenvalue weighted by Gasteiger charge is 2.19. The van der Waals surface area contributed by atoms with E-state index in [4.69, 9.17) is 17.3 Å². The van der Waals surface area contributed by atoms with Gasteiger partial charge in [0, 0.05) is 32.4 Å². The molecular weight excluding hydrogens is 276 g/mol. The zero-order valence-electron chi connectivity index (χ0n) is 10.9. The molecule has 0 atom stereocenters. The average Bonchev–Trinajstić information content (AvgIpc) is 2.48. The molecule has 0 radical (unpaired) electrons. The van der Waals surface area contributed by atoms with E-state index in [-0.39, 0.29) is 0 Å². The highest BCUT2D eigenvalue weighted by molar-refractivity contribution is 6.30. The Morgan fingerprint density at radius 3 is 2.25 bits per heavy atom. The quantitative estimate of drug-likeness (QED) is 0.902. The number of aromatic nitrogens is 3. The molecule has 0 aromatic carbocycles. The van der Waals surface area contributed by atoms with E-state index < -0.39 is 0 Å². The van der Waals surface area contributed by atoms with Crippen LogP contribution in [0.15, 0.2) is 30.7 Å². The van der Waals surface area contributed by atoms with E-state index >= 15 is 0 Å². The molecule has 2 aromatic heterocycles. The molecular formula is C13H15ClN6. The lowest BCUT2D eigenvalue weighted by molar-refractivity contribution is 0.641. The lowest BCUT2D eigenvalue weighted by Gasteiger charge is -2.35. The summed E-state index contributed by atoms with van der Waals surface area (Å²) in [4.78, 5) is 17.1. The Morgan fingerprint density at radius 2 is 1.65 bits per heavy atom. The number of rotatable bonds is 2. The monoisotopic (exact) mass is 290 g/mol. The minimum Gasteiger partial charge on any atom is -0.382 e. The van der Waals surface area contributed by atoms with E-state index in [0.717, 1.165) is 37.8 Å². The van der Waals surface area contributed by atoms with Crippen molar-refractivity contribution in [3.8, 4) is 0 Å². The molecule has 6 nitrogen and oxygen atoms in total. The molecule has 1 fully saturated rings. The van der Waals surface area contributed by atoms with Gasteiger partial charge in [0.15, 0.2) is 0 Å². The van der Waals surface area contributed by atoms with E-state index in [1.807, 2.05) is 12.1 Å². The summed E-state index contributed by atoms with van der Waals surface area (Å²) in [5.41, 5.74) is 5.66. The molecule has 0 bridgehead atoms. The second-order valence-corrected chi connectivity index (χ2v) is 5.05. The topological polar surface area (TPSA) is 71.2 Å². The van der Waals surface area contributed by atoms with Gasteiger partial charge in [0.05, 0.1) is 17.4 Å². The van der Waals surface area contributed by atoms with Crippen molar-refractivity contribution in [2.24, 2.45) is 0 Å². The Labute approximate surface area is 122 Å². The number of anilines is 3. The highest BCUT2D eigenvalue weighted by atomic mass is 35.5. The number of piperazine rings is 1. The van der Waals surface area contributed by atoms with Gasteiger partial charge in [-0.25, -0.2) is 9.97 Å². The van der Waals surface area contributed by atoms with Crippen molar-refractivity contribution in [2.45, 2.75) is 0 Å². The fraction of sp³-hybridized carbons (Fsp3) is 0.308. The van der Waals surface area contributed by atoms with Crippen LogP contribution in [-0.2, 0) is 0 Å². The van der Waals surface area contributed by atoms with E-state index in [1.165, 1.54) is 0 Å². The standard InChI is InChI=1S/C13H15ClN6/c14-10-1-2-12(17-7-10)19-3-5-20(6-4-19)13-9-16-8-11(15)18-13/h1-2,7-9H,3-6H2,(H2,15,18). The van der Waals surface area contributed by atoms with Crippen LogP contribution >= 0.6 is 11.6 Å². The molecule has 0 unspecified atom stereocenters. The van der Waals surface area contributed by atoms with Gasteiger partial charge in [-0.05, 0) is 12.1 Å². The Morgan fingerprint density at radius 1 is 0.950 bits per heavy atom. The summed E-state index contributed by atoms with van der Waals surface area (Å²) in [5.74, 6) is 2.23. The minimum atomic E-state index is 0.448. The van der Waals surface area contributed by atoms with Crippen LogP contribution in [-0.4, -0.2) is 41.1 Å². The van der Waals surface area contributed by atoms with Gasteiger partial charge < -0.3 is 15.5 Å². The summed E-state index contributed by atoms with van der Waals surface area (Å²) < 4.78 is 0. The van der Waals surface area contributed by atoms with Crippen molar-refractivity contribution in [1.82, 2.24) is 15.0 Å². The van der Waals surface area contributed by atoms with Gasteiger partial charge in [-0.1, -0.05) is 11.6 Å². The third-order valence-electron chi connectivity index (χ3n) is 3.28. The first kappa shape index (κ1) is 12.9. The molecule has 20 heavy (non-hydrogen) atoms. The molecule has 0 spiro atoms. The van der Waals surface area contributed by atoms with Crippen LogP contribution in [0.5, 0.6) is 0 Å². The molecule has 104 valence electrons. The van der Waals surface area contributed by atoms with E-state index in [2.05, 4.69) is 24.8 Å². The van der Waals surface area contributed by atoms with Crippen LogP contribution in [0.25, 0.3) is 0 Å². The molecule has 2 aromatic rings. The Balaban J connectivity index is 1.66. The number of pyridine rings is 1. The summed E-state index contributed by atoms with van der Waals surface area (Å²) in [6, 6.07) is 3.80. The van der Waals surface area contributed by atoms with Crippen LogP contribution in [0.4, 0.5) is 17.5 Å². The molecule has 1 saturated heterocycles. The Bertz CT molecular complexity index is 580. The second kappa shape index (κ2) is 5.50. The predicted octanol–water partition coefficient (Wildman–Crippen LogP) is 1.43. The molecule has 0 saturated carbocycles.